The van der Waals surface area contributed by atoms with Crippen LogP contribution < -0.4 is 10.1 Å². The maximum Gasteiger partial charge on any atom is 0.343 e. The van der Waals surface area contributed by atoms with Crippen molar-refractivity contribution in [3.8, 4) is 11.8 Å². The zero-order valence-corrected chi connectivity index (χ0v) is 16.9. The Morgan fingerprint density at radius 1 is 0.933 bits per heavy atom. The van der Waals surface area contributed by atoms with Gasteiger partial charge in [-0.05, 0) is 54.1 Å². The molecule has 1 N–H and O–H groups in total. The van der Waals surface area contributed by atoms with Gasteiger partial charge in [0.05, 0.1) is 5.56 Å². The second-order valence-electron chi connectivity index (χ2n) is 6.11. The predicted molar refractivity (Wildman–Crippen MR) is 117 cm³/mol. The standard InChI is InChI=1S/C23H14Cl2N2O3/c24-18-11-19(25)13-20(12-18)27-22(28)17(14-26)10-15-6-8-21(9-7-15)30-23(29)16-4-2-1-3-5-16/h1-13H,(H,27,28). The van der Waals surface area contributed by atoms with Crippen molar-refractivity contribution in [3.63, 3.8) is 0 Å². The molecule has 0 atom stereocenters. The highest BCUT2D eigenvalue weighted by atomic mass is 35.5. The van der Waals surface area contributed by atoms with Crippen molar-refractivity contribution >= 4 is 46.8 Å². The van der Waals surface area contributed by atoms with Gasteiger partial charge < -0.3 is 10.1 Å². The molecule has 0 aromatic heterocycles. The molecule has 0 unspecified atom stereocenters. The molecule has 0 heterocycles. The number of hydrogen-bond acceptors (Lipinski definition) is 4. The van der Waals surface area contributed by atoms with E-state index in [9.17, 15) is 14.9 Å². The summed E-state index contributed by atoms with van der Waals surface area (Å²) in [7, 11) is 0. The van der Waals surface area contributed by atoms with Crippen LogP contribution in [0.3, 0.4) is 0 Å². The predicted octanol–water partition coefficient (Wildman–Crippen LogP) is 5.76. The maximum absolute atomic E-state index is 12.4. The molecule has 1 amide bonds. The monoisotopic (exact) mass is 436 g/mol. The SMILES string of the molecule is N#CC(=Cc1ccc(OC(=O)c2ccccc2)cc1)C(=O)Nc1cc(Cl)cc(Cl)c1. The summed E-state index contributed by atoms with van der Waals surface area (Å²) in [5, 5.41) is 12.7. The summed E-state index contributed by atoms with van der Waals surface area (Å²) in [5.41, 5.74) is 1.29. The van der Waals surface area contributed by atoms with Crippen LogP contribution in [0.4, 0.5) is 5.69 Å². The summed E-state index contributed by atoms with van der Waals surface area (Å²) in [4.78, 5) is 24.5. The number of nitriles is 1. The molecule has 0 saturated carbocycles. The number of hydrogen-bond donors (Lipinski definition) is 1. The van der Waals surface area contributed by atoms with Crippen LogP contribution >= 0.6 is 23.2 Å². The van der Waals surface area contributed by atoms with Crippen LogP contribution in [0.15, 0.2) is 78.4 Å². The Morgan fingerprint density at radius 3 is 2.17 bits per heavy atom. The van der Waals surface area contributed by atoms with E-state index in [0.717, 1.165) is 0 Å². The number of carbonyl (C=O) groups is 2. The lowest BCUT2D eigenvalue weighted by molar-refractivity contribution is -0.112. The third-order valence-electron chi connectivity index (χ3n) is 3.90. The minimum absolute atomic E-state index is 0.111. The van der Waals surface area contributed by atoms with Crippen LogP contribution in [-0.2, 0) is 4.79 Å². The first-order chi connectivity index (χ1) is 14.4. The summed E-state index contributed by atoms with van der Waals surface area (Å²) in [6.45, 7) is 0. The van der Waals surface area contributed by atoms with E-state index in [1.807, 2.05) is 12.1 Å². The zero-order chi connectivity index (χ0) is 21.5. The average molecular weight is 437 g/mol. The van der Waals surface area contributed by atoms with E-state index in [0.29, 0.717) is 32.6 Å². The van der Waals surface area contributed by atoms with Gasteiger partial charge in [-0.3, -0.25) is 4.79 Å². The van der Waals surface area contributed by atoms with Crippen molar-refractivity contribution in [1.29, 1.82) is 5.26 Å². The van der Waals surface area contributed by atoms with E-state index in [-0.39, 0.29) is 5.57 Å². The molecule has 0 spiro atoms. The number of ether oxygens (including phenoxy) is 1. The van der Waals surface area contributed by atoms with Gasteiger partial charge in [0.15, 0.2) is 0 Å². The van der Waals surface area contributed by atoms with Crippen molar-refractivity contribution in [3.05, 3.63) is 99.5 Å². The molecule has 0 fully saturated rings. The summed E-state index contributed by atoms with van der Waals surface area (Å²) < 4.78 is 5.31. The Hall–Kier alpha value is -3.59. The normalized spacial score (nSPS) is 10.8. The van der Waals surface area contributed by atoms with Crippen LogP contribution in [0.1, 0.15) is 15.9 Å². The molecule has 0 saturated heterocycles. The molecule has 7 heteroatoms. The van der Waals surface area contributed by atoms with Crippen LogP contribution in [0.5, 0.6) is 5.75 Å². The molecule has 3 rings (SSSR count). The van der Waals surface area contributed by atoms with Crippen molar-refractivity contribution in [2.45, 2.75) is 0 Å². The molecule has 3 aromatic rings. The second kappa shape index (κ2) is 9.75. The van der Waals surface area contributed by atoms with Gasteiger partial charge in [-0.2, -0.15) is 5.26 Å². The highest BCUT2D eigenvalue weighted by Gasteiger charge is 2.11. The highest BCUT2D eigenvalue weighted by Crippen LogP contribution is 2.23. The van der Waals surface area contributed by atoms with Gasteiger partial charge in [0, 0.05) is 15.7 Å². The fourth-order valence-electron chi connectivity index (χ4n) is 2.51. The topological polar surface area (TPSA) is 79.2 Å². The van der Waals surface area contributed by atoms with Crippen LogP contribution in [-0.4, -0.2) is 11.9 Å². The molecule has 0 aliphatic heterocycles. The number of rotatable bonds is 5. The summed E-state index contributed by atoms with van der Waals surface area (Å²) in [6, 6.07) is 21.5. The number of nitrogens with zero attached hydrogens (tertiary/aromatic N) is 1. The number of anilines is 1. The zero-order valence-electron chi connectivity index (χ0n) is 15.4. The second-order valence-corrected chi connectivity index (χ2v) is 6.98. The van der Waals surface area contributed by atoms with Gasteiger partial charge in [0.1, 0.15) is 17.4 Å². The average Bonchev–Trinajstić information content (AvgIpc) is 2.73. The lowest BCUT2D eigenvalue weighted by Gasteiger charge is -2.06. The van der Waals surface area contributed by atoms with Crippen LogP contribution in [0.25, 0.3) is 6.08 Å². The quantitative estimate of drug-likeness (QED) is 0.238. The largest absolute Gasteiger partial charge is 0.423 e. The van der Waals surface area contributed by atoms with Crippen molar-refractivity contribution < 1.29 is 14.3 Å². The minimum atomic E-state index is -0.601. The Balaban J connectivity index is 1.70. The first kappa shape index (κ1) is 21.1. The van der Waals surface area contributed by atoms with E-state index in [4.69, 9.17) is 27.9 Å². The molecular weight excluding hydrogens is 423 g/mol. The summed E-state index contributed by atoms with van der Waals surface area (Å²) in [6.07, 6.45) is 1.42. The molecule has 148 valence electrons. The number of nitrogens with one attached hydrogen (secondary N) is 1. The van der Waals surface area contributed by atoms with E-state index < -0.39 is 11.9 Å². The first-order valence-electron chi connectivity index (χ1n) is 8.71. The third kappa shape index (κ3) is 5.71. The van der Waals surface area contributed by atoms with Crippen LogP contribution in [0.2, 0.25) is 10.0 Å². The number of halogens is 2. The van der Waals surface area contributed by atoms with Crippen molar-refractivity contribution in [2.75, 3.05) is 5.32 Å². The molecule has 30 heavy (non-hydrogen) atoms. The number of esters is 1. The lowest BCUT2D eigenvalue weighted by Crippen LogP contribution is -2.13. The molecule has 0 radical (unpaired) electrons. The van der Waals surface area contributed by atoms with E-state index in [1.54, 1.807) is 48.5 Å². The lowest BCUT2D eigenvalue weighted by atomic mass is 10.1. The molecule has 0 bridgehead atoms. The summed E-state index contributed by atoms with van der Waals surface area (Å²) in [5.74, 6) is -0.732. The Bertz CT molecular complexity index is 1130. The minimum Gasteiger partial charge on any atom is -0.423 e. The fourth-order valence-corrected chi connectivity index (χ4v) is 3.04. The number of benzene rings is 3. The van der Waals surface area contributed by atoms with E-state index >= 15 is 0 Å². The van der Waals surface area contributed by atoms with Gasteiger partial charge in [0.25, 0.3) is 5.91 Å². The number of carbonyl (C=O) groups excluding carboxylic acids is 2. The van der Waals surface area contributed by atoms with Crippen molar-refractivity contribution in [2.24, 2.45) is 0 Å². The number of amides is 1. The van der Waals surface area contributed by atoms with Gasteiger partial charge >= 0.3 is 5.97 Å². The van der Waals surface area contributed by atoms with Gasteiger partial charge in [0.2, 0.25) is 0 Å². The molecule has 3 aromatic carbocycles. The van der Waals surface area contributed by atoms with Gasteiger partial charge in [-0.1, -0.05) is 53.5 Å². The molecule has 0 aliphatic rings. The van der Waals surface area contributed by atoms with E-state index in [2.05, 4.69) is 5.32 Å². The molecule has 0 aliphatic carbocycles. The fraction of sp³-hybridized carbons (Fsp3) is 0. The van der Waals surface area contributed by atoms with E-state index in [1.165, 1.54) is 24.3 Å². The first-order valence-corrected chi connectivity index (χ1v) is 9.47. The molecule has 5 nitrogen and oxygen atoms in total. The Labute approximate surface area is 183 Å². The van der Waals surface area contributed by atoms with Crippen molar-refractivity contribution in [1.82, 2.24) is 0 Å². The van der Waals surface area contributed by atoms with Crippen LogP contribution in [0, 0.1) is 11.3 Å². The summed E-state index contributed by atoms with van der Waals surface area (Å²) >= 11 is 11.8. The third-order valence-corrected chi connectivity index (χ3v) is 4.33. The smallest absolute Gasteiger partial charge is 0.343 e. The molecular formula is C23H14Cl2N2O3. The maximum atomic E-state index is 12.4. The Kier molecular flexibility index (Phi) is 6.87. The Morgan fingerprint density at radius 2 is 1.57 bits per heavy atom. The van der Waals surface area contributed by atoms with Gasteiger partial charge in [-0.25, -0.2) is 4.79 Å². The highest BCUT2D eigenvalue weighted by molar-refractivity contribution is 6.35. The van der Waals surface area contributed by atoms with Gasteiger partial charge in [-0.15, -0.1) is 0 Å².